The Morgan fingerprint density at radius 1 is 0.544 bits per heavy atom. The number of rotatable bonds is 9. The van der Waals surface area contributed by atoms with Gasteiger partial charge in [-0.1, -0.05) is 164 Å². The van der Waals surface area contributed by atoms with Crippen LogP contribution in [0.4, 0.5) is 0 Å². The highest BCUT2D eigenvalue weighted by Gasteiger charge is 2.20. The highest BCUT2D eigenvalue weighted by molar-refractivity contribution is 6.28. The van der Waals surface area contributed by atoms with Crippen LogP contribution in [-0.4, -0.2) is 4.98 Å². The lowest BCUT2D eigenvalue weighted by Gasteiger charge is -2.13. The van der Waals surface area contributed by atoms with Crippen molar-refractivity contribution in [3.63, 3.8) is 0 Å². The van der Waals surface area contributed by atoms with E-state index in [1.54, 1.807) is 0 Å². The summed E-state index contributed by atoms with van der Waals surface area (Å²) in [6.45, 7) is 8.03. The number of pyridine rings is 1. The SMILES string of the molecule is C=C\C=C/C(/C=C/c1nc2cc3ccccc3cc2c2c1ccc1ccccc12)=C(/C=C/CCC=C)c1cc2ccccc2c2c1oc1ccc3ccccc3c12. The van der Waals surface area contributed by atoms with Crippen LogP contribution in [0.15, 0.2) is 205 Å². The van der Waals surface area contributed by atoms with Gasteiger partial charge < -0.3 is 4.42 Å². The Morgan fingerprint density at radius 3 is 1.93 bits per heavy atom. The Hall–Kier alpha value is -7.29. The summed E-state index contributed by atoms with van der Waals surface area (Å²) in [6, 6.07) is 49.9. The van der Waals surface area contributed by atoms with Crippen LogP contribution in [-0.2, 0) is 0 Å². The summed E-state index contributed by atoms with van der Waals surface area (Å²) in [6.07, 6.45) is 18.6. The van der Waals surface area contributed by atoms with Gasteiger partial charge in [-0.05, 0) is 97.4 Å². The van der Waals surface area contributed by atoms with Gasteiger partial charge in [0.2, 0.25) is 0 Å². The van der Waals surface area contributed by atoms with E-state index in [0.717, 1.165) is 78.9 Å². The van der Waals surface area contributed by atoms with Gasteiger partial charge in [0.25, 0.3) is 0 Å². The number of hydrogen-bond donors (Lipinski definition) is 0. The summed E-state index contributed by atoms with van der Waals surface area (Å²) < 4.78 is 6.94. The van der Waals surface area contributed by atoms with E-state index >= 15 is 0 Å². The Balaban J connectivity index is 1.27. The molecule has 0 fully saturated rings. The lowest BCUT2D eigenvalue weighted by atomic mass is 9.91. The quantitative estimate of drug-likeness (QED) is 0.0486. The average molecular weight is 730 g/mol. The maximum absolute atomic E-state index is 6.94. The Labute approximate surface area is 331 Å². The number of furan rings is 1. The fraction of sp³-hybridized carbons (Fsp3) is 0.0364. The molecule has 0 radical (unpaired) electrons. The molecule has 0 aliphatic heterocycles. The fourth-order valence-electron chi connectivity index (χ4n) is 8.53. The van der Waals surface area contributed by atoms with E-state index in [1.165, 1.54) is 43.1 Å². The summed E-state index contributed by atoms with van der Waals surface area (Å²) in [5.41, 5.74) is 6.73. The van der Waals surface area contributed by atoms with Crippen LogP contribution in [0.3, 0.4) is 0 Å². The molecule has 8 aromatic carbocycles. The lowest BCUT2D eigenvalue weighted by molar-refractivity contribution is 0.668. The normalized spacial score (nSPS) is 12.9. The molecule has 0 saturated carbocycles. The second-order valence-corrected chi connectivity index (χ2v) is 14.6. The fourth-order valence-corrected chi connectivity index (χ4v) is 8.53. The van der Waals surface area contributed by atoms with Crippen LogP contribution in [0.25, 0.3) is 98.4 Å². The zero-order valence-electron chi connectivity index (χ0n) is 31.6. The van der Waals surface area contributed by atoms with E-state index in [0.29, 0.717) is 0 Å². The van der Waals surface area contributed by atoms with Crippen molar-refractivity contribution in [1.82, 2.24) is 4.98 Å². The molecule has 2 nitrogen and oxygen atoms in total. The molecule has 0 N–H and O–H groups in total. The van der Waals surface area contributed by atoms with Crippen molar-refractivity contribution < 1.29 is 4.42 Å². The van der Waals surface area contributed by atoms with Gasteiger partial charge in [-0.2, -0.15) is 0 Å². The number of fused-ring (bicyclic) bond motifs is 13. The van der Waals surface area contributed by atoms with Gasteiger partial charge in [-0.3, -0.25) is 0 Å². The molecule has 10 aromatic rings. The van der Waals surface area contributed by atoms with Gasteiger partial charge in [0.15, 0.2) is 0 Å². The summed E-state index contributed by atoms with van der Waals surface area (Å²) in [5, 5.41) is 15.3. The van der Waals surface area contributed by atoms with Crippen LogP contribution in [0, 0.1) is 0 Å². The Kier molecular flexibility index (Phi) is 8.65. The minimum atomic E-state index is 0.869. The molecule has 0 spiro atoms. The summed E-state index contributed by atoms with van der Waals surface area (Å²) >= 11 is 0. The monoisotopic (exact) mass is 729 g/mol. The van der Waals surface area contributed by atoms with Gasteiger partial charge in [0.05, 0.1) is 11.2 Å². The Morgan fingerprint density at radius 2 is 1.19 bits per heavy atom. The second-order valence-electron chi connectivity index (χ2n) is 14.6. The van der Waals surface area contributed by atoms with Gasteiger partial charge in [0.1, 0.15) is 11.2 Å². The highest BCUT2D eigenvalue weighted by Crippen LogP contribution is 2.43. The first kappa shape index (κ1) is 34.2. The molecule has 2 heterocycles. The molecule has 0 aliphatic rings. The molecule has 270 valence electrons. The number of unbranched alkanes of at least 4 members (excludes halogenated alkanes) is 1. The van der Waals surface area contributed by atoms with Crippen LogP contribution >= 0.6 is 0 Å². The molecule has 2 heteroatoms. The number of allylic oxidation sites excluding steroid dienone is 9. The van der Waals surface area contributed by atoms with Crippen molar-refractivity contribution in [3.05, 3.63) is 212 Å². The average Bonchev–Trinajstić information content (AvgIpc) is 3.66. The molecule has 57 heavy (non-hydrogen) atoms. The second kappa shape index (κ2) is 14.4. The lowest BCUT2D eigenvalue weighted by Crippen LogP contribution is -1.92. The van der Waals surface area contributed by atoms with Gasteiger partial charge in [0, 0.05) is 32.5 Å². The van der Waals surface area contributed by atoms with Crippen LogP contribution in [0.2, 0.25) is 0 Å². The van der Waals surface area contributed by atoms with Crippen molar-refractivity contribution in [2.75, 3.05) is 0 Å². The van der Waals surface area contributed by atoms with E-state index in [1.807, 2.05) is 18.2 Å². The summed E-state index contributed by atoms with van der Waals surface area (Å²) in [7, 11) is 0. The van der Waals surface area contributed by atoms with Gasteiger partial charge in [-0.25, -0.2) is 4.98 Å². The van der Waals surface area contributed by atoms with Crippen molar-refractivity contribution in [3.8, 4) is 0 Å². The molecular formula is C55H39NO. The maximum Gasteiger partial charge on any atom is 0.143 e. The topological polar surface area (TPSA) is 26.0 Å². The van der Waals surface area contributed by atoms with Crippen LogP contribution in [0.1, 0.15) is 24.1 Å². The molecule has 10 rings (SSSR count). The largest absolute Gasteiger partial charge is 0.455 e. The third-order valence-corrected chi connectivity index (χ3v) is 11.2. The van der Waals surface area contributed by atoms with E-state index in [-0.39, 0.29) is 0 Å². The Bertz CT molecular complexity index is 3390. The number of benzene rings is 8. The van der Waals surface area contributed by atoms with Crippen LogP contribution < -0.4 is 0 Å². The van der Waals surface area contributed by atoms with E-state index in [9.17, 15) is 0 Å². The first-order chi connectivity index (χ1) is 28.2. The smallest absolute Gasteiger partial charge is 0.143 e. The maximum atomic E-state index is 6.94. The predicted molar refractivity (Wildman–Crippen MR) is 247 cm³/mol. The molecule has 0 amide bonds. The van der Waals surface area contributed by atoms with Crippen molar-refractivity contribution in [1.29, 1.82) is 0 Å². The van der Waals surface area contributed by atoms with E-state index in [2.05, 4.69) is 183 Å². The van der Waals surface area contributed by atoms with Crippen molar-refractivity contribution in [2.45, 2.75) is 12.8 Å². The third kappa shape index (κ3) is 5.94. The number of nitrogens with zero attached hydrogens (tertiary/aromatic N) is 1. The van der Waals surface area contributed by atoms with E-state index in [4.69, 9.17) is 9.40 Å². The van der Waals surface area contributed by atoms with E-state index < -0.39 is 0 Å². The van der Waals surface area contributed by atoms with Gasteiger partial charge in [-0.15, -0.1) is 6.58 Å². The minimum absolute atomic E-state index is 0.869. The minimum Gasteiger partial charge on any atom is -0.455 e. The van der Waals surface area contributed by atoms with Crippen molar-refractivity contribution >= 4 is 98.4 Å². The third-order valence-electron chi connectivity index (χ3n) is 11.2. The molecule has 0 aliphatic carbocycles. The summed E-state index contributed by atoms with van der Waals surface area (Å²) in [5.74, 6) is 0. The van der Waals surface area contributed by atoms with Crippen molar-refractivity contribution in [2.24, 2.45) is 0 Å². The first-order valence-corrected chi connectivity index (χ1v) is 19.6. The number of hydrogen-bond acceptors (Lipinski definition) is 2. The standard InChI is InChI=1S/C55H39NO/c1-3-5-7-8-23-42(47-34-41-22-13-16-26-45(41)54-53-44-25-15-12-19-38(44)29-32-51(53)57-55(47)54)36(17-6-4-2)28-31-49-46-30-27-37-18-11-14-24-43(37)52(46)48-33-39-20-9-10-21-40(39)35-50(48)56-49/h3-4,6,8-35H,1-2,5,7H2/b17-6-,23-8+,31-28+,42-36+. The molecule has 0 saturated heterocycles. The molecule has 2 aromatic heterocycles. The molecule has 0 unspecified atom stereocenters. The zero-order chi connectivity index (χ0) is 38.3. The van der Waals surface area contributed by atoms with Gasteiger partial charge >= 0.3 is 0 Å². The first-order valence-electron chi connectivity index (χ1n) is 19.6. The molecule has 0 atom stereocenters. The zero-order valence-corrected chi connectivity index (χ0v) is 31.6. The molecule has 0 bridgehead atoms. The molecular weight excluding hydrogens is 691 g/mol. The predicted octanol–water partition coefficient (Wildman–Crippen LogP) is 15.6. The van der Waals surface area contributed by atoms with Crippen LogP contribution in [0.5, 0.6) is 0 Å². The summed E-state index contributed by atoms with van der Waals surface area (Å²) in [4.78, 5) is 5.38. The highest BCUT2D eigenvalue weighted by atomic mass is 16.3. The number of aromatic nitrogens is 1.